The summed E-state index contributed by atoms with van der Waals surface area (Å²) in [6, 6.07) is 3.79. The summed E-state index contributed by atoms with van der Waals surface area (Å²) in [5.74, 6) is 0.611. The van der Waals surface area contributed by atoms with E-state index in [0.29, 0.717) is 17.5 Å². The average Bonchev–Trinajstić information content (AvgIpc) is 3.43. The van der Waals surface area contributed by atoms with Gasteiger partial charge < -0.3 is 9.73 Å². The molecule has 1 aliphatic carbocycles. The SMILES string of the molecule is Cc1sc2nc(SC(C)C(=O)NCc3ccco3)n(C3CCCC3)c(=O)c2c1C. The number of nitrogens with one attached hydrogen (secondary N) is 1. The first-order valence-corrected chi connectivity index (χ1v) is 11.6. The van der Waals surface area contributed by atoms with Gasteiger partial charge in [-0.2, -0.15) is 0 Å². The average molecular weight is 432 g/mol. The molecule has 0 saturated heterocycles. The molecule has 6 nitrogen and oxygen atoms in total. The van der Waals surface area contributed by atoms with E-state index in [2.05, 4.69) is 5.32 Å². The van der Waals surface area contributed by atoms with Gasteiger partial charge >= 0.3 is 0 Å². The number of fused-ring (bicyclic) bond motifs is 1. The van der Waals surface area contributed by atoms with Gasteiger partial charge in [0.2, 0.25) is 5.91 Å². The van der Waals surface area contributed by atoms with Gasteiger partial charge in [0.15, 0.2) is 5.16 Å². The summed E-state index contributed by atoms with van der Waals surface area (Å²) >= 11 is 2.91. The van der Waals surface area contributed by atoms with Crippen molar-refractivity contribution in [2.75, 3.05) is 0 Å². The highest BCUT2D eigenvalue weighted by Crippen LogP contribution is 2.35. The monoisotopic (exact) mass is 431 g/mol. The molecule has 0 aliphatic heterocycles. The zero-order valence-electron chi connectivity index (χ0n) is 16.9. The van der Waals surface area contributed by atoms with E-state index < -0.39 is 0 Å². The van der Waals surface area contributed by atoms with Gasteiger partial charge in [-0.25, -0.2) is 4.98 Å². The van der Waals surface area contributed by atoms with Gasteiger partial charge in [-0.1, -0.05) is 24.6 Å². The lowest BCUT2D eigenvalue weighted by Gasteiger charge is -2.20. The van der Waals surface area contributed by atoms with E-state index in [4.69, 9.17) is 9.40 Å². The summed E-state index contributed by atoms with van der Waals surface area (Å²) < 4.78 is 7.12. The van der Waals surface area contributed by atoms with Gasteiger partial charge in [0, 0.05) is 10.9 Å². The third kappa shape index (κ3) is 4.00. The number of aromatic nitrogens is 2. The molecule has 0 bridgehead atoms. The first-order valence-electron chi connectivity index (χ1n) is 9.94. The molecule has 1 N–H and O–H groups in total. The van der Waals surface area contributed by atoms with Crippen LogP contribution in [0, 0.1) is 13.8 Å². The van der Waals surface area contributed by atoms with Gasteiger partial charge in [0.05, 0.1) is 23.4 Å². The molecule has 29 heavy (non-hydrogen) atoms. The molecular weight excluding hydrogens is 406 g/mol. The van der Waals surface area contributed by atoms with Crippen LogP contribution < -0.4 is 10.9 Å². The van der Waals surface area contributed by atoms with Crippen molar-refractivity contribution in [2.24, 2.45) is 0 Å². The maximum absolute atomic E-state index is 13.4. The minimum atomic E-state index is -0.371. The summed E-state index contributed by atoms with van der Waals surface area (Å²) in [6.45, 7) is 6.22. The molecule has 1 unspecified atom stereocenters. The molecule has 1 atom stereocenters. The van der Waals surface area contributed by atoms with E-state index in [1.54, 1.807) is 23.7 Å². The fourth-order valence-electron chi connectivity index (χ4n) is 3.80. The van der Waals surface area contributed by atoms with Crippen LogP contribution in [0.3, 0.4) is 0 Å². The van der Waals surface area contributed by atoms with E-state index in [-0.39, 0.29) is 22.8 Å². The Balaban J connectivity index is 1.63. The van der Waals surface area contributed by atoms with Gasteiger partial charge in [0.1, 0.15) is 10.6 Å². The number of nitrogens with zero attached hydrogens (tertiary/aromatic N) is 2. The molecular formula is C21H25N3O3S2. The van der Waals surface area contributed by atoms with E-state index in [1.165, 1.54) is 11.8 Å². The van der Waals surface area contributed by atoms with E-state index in [9.17, 15) is 9.59 Å². The Labute approximate surface area is 177 Å². The van der Waals surface area contributed by atoms with Crippen LogP contribution in [0.5, 0.6) is 0 Å². The van der Waals surface area contributed by atoms with Gasteiger partial charge in [0.25, 0.3) is 5.56 Å². The molecule has 1 amide bonds. The molecule has 3 heterocycles. The highest BCUT2D eigenvalue weighted by Gasteiger charge is 2.27. The first-order chi connectivity index (χ1) is 14.0. The summed E-state index contributed by atoms with van der Waals surface area (Å²) in [5.41, 5.74) is 1.06. The molecule has 1 fully saturated rings. The number of carbonyl (C=O) groups excluding carboxylic acids is 1. The van der Waals surface area contributed by atoms with Crippen LogP contribution in [0.25, 0.3) is 10.2 Å². The number of hydrogen-bond acceptors (Lipinski definition) is 6. The molecule has 0 radical (unpaired) electrons. The molecule has 4 rings (SSSR count). The first kappa shape index (κ1) is 20.2. The predicted molar refractivity (Wildman–Crippen MR) is 117 cm³/mol. The zero-order valence-corrected chi connectivity index (χ0v) is 18.5. The number of hydrogen-bond donors (Lipinski definition) is 1. The van der Waals surface area contributed by atoms with Crippen molar-refractivity contribution < 1.29 is 9.21 Å². The van der Waals surface area contributed by atoms with Crippen molar-refractivity contribution >= 4 is 39.2 Å². The normalized spacial score (nSPS) is 15.8. The highest BCUT2D eigenvalue weighted by atomic mass is 32.2. The van der Waals surface area contributed by atoms with Crippen molar-refractivity contribution in [2.45, 2.75) is 69.4 Å². The van der Waals surface area contributed by atoms with Crippen molar-refractivity contribution in [1.29, 1.82) is 0 Å². The van der Waals surface area contributed by atoms with Crippen LogP contribution in [0.4, 0.5) is 0 Å². The number of furan rings is 1. The molecule has 3 aromatic rings. The van der Waals surface area contributed by atoms with Crippen LogP contribution in [-0.4, -0.2) is 20.7 Å². The number of thiophene rings is 1. The van der Waals surface area contributed by atoms with Crippen molar-refractivity contribution in [3.8, 4) is 0 Å². The van der Waals surface area contributed by atoms with Crippen molar-refractivity contribution in [1.82, 2.24) is 14.9 Å². The summed E-state index contributed by atoms with van der Waals surface area (Å²) in [7, 11) is 0. The maximum atomic E-state index is 13.4. The fourth-order valence-corrected chi connectivity index (χ4v) is 5.87. The number of thioether (sulfide) groups is 1. The standard InChI is InChI=1S/C21H25N3O3S2/c1-12-13(2)28-19-17(12)20(26)24(15-7-4-5-8-15)21(23-19)29-14(3)18(25)22-11-16-9-6-10-27-16/h6,9-10,14-15H,4-5,7-8,11H2,1-3H3,(H,22,25). The predicted octanol–water partition coefficient (Wildman–Crippen LogP) is 4.58. The minimum absolute atomic E-state index is 0.0365. The summed E-state index contributed by atoms with van der Waals surface area (Å²) in [6.07, 6.45) is 5.81. The van der Waals surface area contributed by atoms with Crippen LogP contribution in [0.15, 0.2) is 32.8 Å². The molecule has 8 heteroatoms. The Morgan fingerprint density at radius 1 is 1.41 bits per heavy atom. The number of carbonyl (C=O) groups is 1. The zero-order chi connectivity index (χ0) is 20.5. The number of rotatable bonds is 6. The second-order valence-corrected chi connectivity index (χ2v) is 10.0. The fraction of sp³-hybridized carbons (Fsp3) is 0.476. The van der Waals surface area contributed by atoms with Crippen LogP contribution >= 0.6 is 23.1 Å². The lowest BCUT2D eigenvalue weighted by molar-refractivity contribution is -0.120. The van der Waals surface area contributed by atoms with Crippen LogP contribution in [0.1, 0.15) is 54.8 Å². The van der Waals surface area contributed by atoms with Crippen molar-refractivity contribution in [3.63, 3.8) is 0 Å². The molecule has 0 spiro atoms. The van der Waals surface area contributed by atoms with Gasteiger partial charge in [-0.05, 0) is 51.3 Å². The molecule has 1 saturated carbocycles. The lowest BCUT2D eigenvalue weighted by Crippen LogP contribution is -2.32. The molecule has 0 aromatic carbocycles. The maximum Gasteiger partial charge on any atom is 0.263 e. The Morgan fingerprint density at radius 3 is 2.86 bits per heavy atom. The van der Waals surface area contributed by atoms with E-state index >= 15 is 0 Å². The second kappa shape index (κ2) is 8.36. The Hall–Kier alpha value is -2.06. The Kier molecular flexibility index (Phi) is 5.83. The highest BCUT2D eigenvalue weighted by molar-refractivity contribution is 8.00. The van der Waals surface area contributed by atoms with E-state index in [0.717, 1.165) is 46.3 Å². The third-order valence-electron chi connectivity index (χ3n) is 5.56. The Morgan fingerprint density at radius 2 is 2.17 bits per heavy atom. The molecule has 3 aromatic heterocycles. The number of amides is 1. The second-order valence-electron chi connectivity index (χ2n) is 7.53. The van der Waals surface area contributed by atoms with Crippen LogP contribution in [-0.2, 0) is 11.3 Å². The summed E-state index contributed by atoms with van der Waals surface area (Å²) in [5, 5.41) is 3.91. The lowest BCUT2D eigenvalue weighted by atomic mass is 10.2. The topological polar surface area (TPSA) is 77.1 Å². The molecule has 1 aliphatic rings. The molecule has 154 valence electrons. The largest absolute Gasteiger partial charge is 0.467 e. The van der Waals surface area contributed by atoms with E-state index in [1.807, 2.05) is 31.4 Å². The van der Waals surface area contributed by atoms with Crippen LogP contribution in [0.2, 0.25) is 0 Å². The van der Waals surface area contributed by atoms with Gasteiger partial charge in [-0.3, -0.25) is 14.2 Å². The Bertz CT molecular complexity index is 1080. The third-order valence-corrected chi connectivity index (χ3v) is 7.73. The summed E-state index contributed by atoms with van der Waals surface area (Å²) in [4.78, 5) is 32.7. The smallest absolute Gasteiger partial charge is 0.263 e. The number of aryl methyl sites for hydroxylation is 2. The van der Waals surface area contributed by atoms with Gasteiger partial charge in [-0.15, -0.1) is 11.3 Å². The minimum Gasteiger partial charge on any atom is -0.467 e. The van der Waals surface area contributed by atoms with Crippen molar-refractivity contribution in [3.05, 3.63) is 45.0 Å². The quantitative estimate of drug-likeness (QED) is 0.457.